The van der Waals surface area contributed by atoms with Crippen LogP contribution in [-0.2, 0) is 0 Å². The highest BCUT2D eigenvalue weighted by molar-refractivity contribution is 7.07. The summed E-state index contributed by atoms with van der Waals surface area (Å²) in [5.74, 6) is 1.79. The fourth-order valence-electron chi connectivity index (χ4n) is 3.37. The van der Waals surface area contributed by atoms with Crippen molar-refractivity contribution in [2.24, 2.45) is 4.99 Å². The topological polar surface area (TPSA) is 39.0 Å². The maximum absolute atomic E-state index is 5.93. The molecule has 0 atom stereocenters. The predicted octanol–water partition coefficient (Wildman–Crippen LogP) is 5.98. The quantitative estimate of drug-likeness (QED) is 0.317. The number of unbranched alkanes of at least 4 members (excludes halogenated alkanes) is 1. The normalized spacial score (nSPS) is 11.8. The molecule has 0 spiro atoms. The minimum absolute atomic E-state index is 0.699. The second-order valence-electron chi connectivity index (χ2n) is 7.67. The van der Waals surface area contributed by atoms with Crippen LogP contribution in [0.1, 0.15) is 39.3 Å². The largest absolute Gasteiger partial charge is 0.494 e. The highest BCUT2D eigenvalue weighted by Gasteiger charge is 2.06. The molecule has 5 nitrogen and oxygen atoms in total. The van der Waals surface area contributed by atoms with Gasteiger partial charge in [-0.25, -0.2) is 4.99 Å². The van der Waals surface area contributed by atoms with Crippen LogP contribution in [-0.4, -0.2) is 42.3 Å². The Labute approximate surface area is 196 Å². The molecule has 0 aliphatic carbocycles. The molecule has 1 aromatic heterocycles. The van der Waals surface area contributed by atoms with Crippen LogP contribution in [0, 0.1) is 6.92 Å². The molecule has 0 fully saturated rings. The molecule has 172 valence electrons. The van der Waals surface area contributed by atoms with E-state index in [0.717, 1.165) is 72.5 Å². The summed E-state index contributed by atoms with van der Waals surface area (Å²) >= 11 is 1.64. The van der Waals surface area contributed by atoms with Gasteiger partial charge < -0.3 is 14.4 Å². The minimum Gasteiger partial charge on any atom is -0.494 e. The van der Waals surface area contributed by atoms with Gasteiger partial charge in [-0.3, -0.25) is 4.57 Å². The molecule has 0 radical (unpaired) electrons. The van der Waals surface area contributed by atoms with E-state index in [2.05, 4.69) is 54.7 Å². The molecule has 3 aromatic rings. The van der Waals surface area contributed by atoms with Crippen molar-refractivity contribution in [1.82, 2.24) is 9.47 Å². The number of likely N-dealkylation sites (N-methyl/N-ethyl adjacent to an activating group) is 1. The van der Waals surface area contributed by atoms with E-state index in [1.807, 2.05) is 36.4 Å². The van der Waals surface area contributed by atoms with Gasteiger partial charge in [0, 0.05) is 23.3 Å². The highest BCUT2D eigenvalue weighted by atomic mass is 32.1. The summed E-state index contributed by atoms with van der Waals surface area (Å²) in [6, 6.07) is 16.3. The van der Waals surface area contributed by atoms with Gasteiger partial charge in [0.2, 0.25) is 0 Å². The maximum Gasteiger partial charge on any atom is 0.194 e. The zero-order valence-corrected chi connectivity index (χ0v) is 20.5. The van der Waals surface area contributed by atoms with E-state index < -0.39 is 0 Å². The molecule has 2 aromatic carbocycles. The molecule has 0 bridgehead atoms. The molecule has 3 rings (SSSR count). The highest BCUT2D eigenvalue weighted by Crippen LogP contribution is 2.20. The van der Waals surface area contributed by atoms with Gasteiger partial charge in [-0.15, -0.1) is 11.3 Å². The number of hydrogen-bond donors (Lipinski definition) is 0. The first-order valence-corrected chi connectivity index (χ1v) is 12.4. The first kappa shape index (κ1) is 24.1. The van der Waals surface area contributed by atoms with Crippen molar-refractivity contribution in [2.75, 3.05) is 32.8 Å². The number of benzene rings is 2. The zero-order valence-electron chi connectivity index (χ0n) is 19.7. The number of thiazole rings is 1. The molecule has 0 aliphatic heterocycles. The Kier molecular flexibility index (Phi) is 9.38. The smallest absolute Gasteiger partial charge is 0.194 e. The average molecular weight is 454 g/mol. The van der Waals surface area contributed by atoms with Gasteiger partial charge in [-0.05, 0) is 75.0 Å². The molecular weight excluding hydrogens is 418 g/mol. The second kappa shape index (κ2) is 12.5. The van der Waals surface area contributed by atoms with Crippen LogP contribution < -0.4 is 14.3 Å². The van der Waals surface area contributed by atoms with Crippen LogP contribution in [0.5, 0.6) is 11.5 Å². The third-order valence-corrected chi connectivity index (χ3v) is 6.32. The number of rotatable bonds is 12. The lowest BCUT2D eigenvalue weighted by Gasteiger charge is -2.18. The molecule has 0 unspecified atom stereocenters. The second-order valence-corrected chi connectivity index (χ2v) is 8.51. The standard InChI is InChI=1S/C26H35N3O2S/c1-5-8-18-30-24-13-9-22(10-14-24)27-26-29(21(4)20-32-26)23-11-15-25(16-12-23)31-19-17-28(6-2)7-3/h9-16,20H,5-8,17-19H2,1-4H3. The summed E-state index contributed by atoms with van der Waals surface area (Å²) in [5, 5.41) is 2.13. The summed E-state index contributed by atoms with van der Waals surface area (Å²) in [6.07, 6.45) is 2.20. The van der Waals surface area contributed by atoms with Crippen LogP contribution >= 0.6 is 11.3 Å². The fraction of sp³-hybridized carbons (Fsp3) is 0.423. The van der Waals surface area contributed by atoms with Gasteiger partial charge in [0.25, 0.3) is 0 Å². The first-order chi connectivity index (χ1) is 15.6. The molecule has 6 heteroatoms. The monoisotopic (exact) mass is 453 g/mol. The summed E-state index contributed by atoms with van der Waals surface area (Å²) < 4.78 is 13.9. The Bertz CT molecular complexity index is 1000. The summed E-state index contributed by atoms with van der Waals surface area (Å²) in [7, 11) is 0. The van der Waals surface area contributed by atoms with E-state index in [4.69, 9.17) is 14.5 Å². The molecular formula is C26H35N3O2S. The van der Waals surface area contributed by atoms with Crippen molar-refractivity contribution in [3.8, 4) is 17.2 Å². The van der Waals surface area contributed by atoms with Crippen molar-refractivity contribution in [2.45, 2.75) is 40.5 Å². The first-order valence-electron chi connectivity index (χ1n) is 11.5. The van der Waals surface area contributed by atoms with Crippen molar-refractivity contribution in [3.63, 3.8) is 0 Å². The van der Waals surface area contributed by atoms with E-state index >= 15 is 0 Å². The van der Waals surface area contributed by atoms with Crippen LogP contribution in [0.3, 0.4) is 0 Å². The van der Waals surface area contributed by atoms with Crippen LogP contribution in [0.2, 0.25) is 0 Å². The Balaban J connectivity index is 1.71. The van der Waals surface area contributed by atoms with Crippen LogP contribution in [0.4, 0.5) is 5.69 Å². The van der Waals surface area contributed by atoms with Crippen molar-refractivity contribution in [3.05, 3.63) is 64.4 Å². The fourth-order valence-corrected chi connectivity index (χ4v) is 4.26. The van der Waals surface area contributed by atoms with Crippen molar-refractivity contribution in [1.29, 1.82) is 0 Å². The average Bonchev–Trinajstić information content (AvgIpc) is 3.18. The van der Waals surface area contributed by atoms with Gasteiger partial charge in [-0.2, -0.15) is 0 Å². The van der Waals surface area contributed by atoms with Gasteiger partial charge in [0.1, 0.15) is 18.1 Å². The Morgan fingerprint density at radius 2 is 1.50 bits per heavy atom. The summed E-state index contributed by atoms with van der Waals surface area (Å²) in [6.45, 7) is 13.1. The van der Waals surface area contributed by atoms with Crippen LogP contribution in [0.15, 0.2) is 58.9 Å². The van der Waals surface area contributed by atoms with E-state index in [9.17, 15) is 0 Å². The molecule has 0 saturated heterocycles. The molecule has 1 heterocycles. The Hall–Kier alpha value is -2.57. The summed E-state index contributed by atoms with van der Waals surface area (Å²) in [5.41, 5.74) is 3.15. The molecule has 0 N–H and O–H groups in total. The molecule has 0 aliphatic rings. The number of nitrogens with zero attached hydrogens (tertiary/aromatic N) is 3. The SMILES string of the molecule is CCCCOc1ccc(N=c2scc(C)n2-c2ccc(OCCN(CC)CC)cc2)cc1. The number of aryl methyl sites for hydroxylation is 1. The van der Waals surface area contributed by atoms with Crippen LogP contribution in [0.25, 0.3) is 5.69 Å². The molecule has 32 heavy (non-hydrogen) atoms. The minimum atomic E-state index is 0.699. The van der Waals surface area contributed by atoms with Gasteiger partial charge in [0.05, 0.1) is 12.3 Å². The lowest BCUT2D eigenvalue weighted by Crippen LogP contribution is -2.27. The number of hydrogen-bond acceptors (Lipinski definition) is 5. The Morgan fingerprint density at radius 3 is 2.12 bits per heavy atom. The zero-order chi connectivity index (χ0) is 22.8. The lowest BCUT2D eigenvalue weighted by atomic mass is 10.3. The maximum atomic E-state index is 5.93. The molecule has 0 saturated carbocycles. The number of ether oxygens (including phenoxy) is 2. The van der Waals surface area contributed by atoms with E-state index in [-0.39, 0.29) is 0 Å². The number of aromatic nitrogens is 1. The predicted molar refractivity (Wildman–Crippen MR) is 134 cm³/mol. The lowest BCUT2D eigenvalue weighted by molar-refractivity contribution is 0.223. The van der Waals surface area contributed by atoms with E-state index in [1.54, 1.807) is 11.3 Å². The van der Waals surface area contributed by atoms with Gasteiger partial charge in [0.15, 0.2) is 4.80 Å². The van der Waals surface area contributed by atoms with Crippen molar-refractivity contribution >= 4 is 17.0 Å². The van der Waals surface area contributed by atoms with Crippen molar-refractivity contribution < 1.29 is 9.47 Å². The molecule has 0 amide bonds. The van der Waals surface area contributed by atoms with Gasteiger partial charge >= 0.3 is 0 Å². The van der Waals surface area contributed by atoms with E-state index in [0.29, 0.717) is 6.61 Å². The Morgan fingerprint density at radius 1 is 0.875 bits per heavy atom. The third-order valence-electron chi connectivity index (χ3n) is 5.37. The van der Waals surface area contributed by atoms with Gasteiger partial charge in [-0.1, -0.05) is 27.2 Å². The summed E-state index contributed by atoms with van der Waals surface area (Å²) in [4.78, 5) is 8.17. The third kappa shape index (κ3) is 6.71. The van der Waals surface area contributed by atoms with E-state index in [1.165, 1.54) is 0 Å².